The van der Waals surface area contributed by atoms with Crippen LogP contribution in [0.2, 0.25) is 0 Å². The van der Waals surface area contributed by atoms with Crippen LogP contribution < -0.4 is 5.14 Å². The predicted molar refractivity (Wildman–Crippen MR) is 66.5 cm³/mol. The Bertz CT molecular complexity index is 439. The molecule has 0 spiro atoms. The molecule has 1 fully saturated rings. The standard InChI is InChI=1S/C12H17FN2OS/c1-15-6-2-3-10(8-15)9-4-5-12(17(14)16)11(13)7-9/h4-5,7,10H,2-3,6,8,14H2,1H3. The van der Waals surface area contributed by atoms with Crippen molar-refractivity contribution in [1.82, 2.24) is 4.90 Å². The third-order valence-electron chi connectivity index (χ3n) is 3.27. The normalized spacial score (nSPS) is 23.6. The van der Waals surface area contributed by atoms with Crippen LogP contribution in [0.1, 0.15) is 24.3 Å². The minimum atomic E-state index is -1.75. The number of halogens is 1. The summed E-state index contributed by atoms with van der Waals surface area (Å²) in [5.41, 5.74) is 0.975. The van der Waals surface area contributed by atoms with Crippen molar-refractivity contribution in [1.29, 1.82) is 0 Å². The summed E-state index contributed by atoms with van der Waals surface area (Å²) in [6.45, 7) is 2.05. The molecule has 1 saturated heterocycles. The number of nitrogens with two attached hydrogens (primary N) is 1. The molecule has 1 aromatic carbocycles. The molecule has 1 aromatic rings. The van der Waals surface area contributed by atoms with E-state index in [4.69, 9.17) is 5.14 Å². The van der Waals surface area contributed by atoms with Gasteiger partial charge in [-0.25, -0.2) is 13.7 Å². The van der Waals surface area contributed by atoms with Crippen LogP contribution in [-0.2, 0) is 11.0 Å². The molecule has 1 heterocycles. The van der Waals surface area contributed by atoms with Crippen molar-refractivity contribution in [2.45, 2.75) is 23.7 Å². The van der Waals surface area contributed by atoms with Crippen LogP contribution in [0.4, 0.5) is 4.39 Å². The summed E-state index contributed by atoms with van der Waals surface area (Å²) < 4.78 is 24.7. The highest BCUT2D eigenvalue weighted by Gasteiger charge is 2.20. The van der Waals surface area contributed by atoms with Crippen LogP contribution in [0.3, 0.4) is 0 Å². The fourth-order valence-electron chi connectivity index (χ4n) is 2.37. The molecular formula is C12H17FN2OS. The summed E-state index contributed by atoms with van der Waals surface area (Å²) in [5.74, 6) is -0.0972. The van der Waals surface area contributed by atoms with Gasteiger partial charge in [0, 0.05) is 6.54 Å². The maximum Gasteiger partial charge on any atom is 0.140 e. The number of likely N-dealkylation sites (tertiary alicyclic amines) is 1. The minimum Gasteiger partial charge on any atom is -0.306 e. The van der Waals surface area contributed by atoms with Gasteiger partial charge >= 0.3 is 0 Å². The number of benzene rings is 1. The second kappa shape index (κ2) is 5.25. The highest BCUT2D eigenvalue weighted by molar-refractivity contribution is 7.82. The summed E-state index contributed by atoms with van der Waals surface area (Å²) in [6, 6.07) is 4.85. The molecule has 0 saturated carbocycles. The van der Waals surface area contributed by atoms with Gasteiger partial charge in [0.15, 0.2) is 0 Å². The predicted octanol–water partition coefficient (Wildman–Crippen LogP) is 1.62. The van der Waals surface area contributed by atoms with Crippen molar-refractivity contribution in [2.24, 2.45) is 5.14 Å². The number of likely N-dealkylation sites (N-methyl/N-ethyl adjacent to an activating group) is 1. The molecule has 2 N–H and O–H groups in total. The van der Waals surface area contributed by atoms with Gasteiger partial charge in [0.2, 0.25) is 0 Å². The van der Waals surface area contributed by atoms with E-state index < -0.39 is 16.8 Å². The van der Waals surface area contributed by atoms with Crippen molar-refractivity contribution in [3.05, 3.63) is 29.6 Å². The first-order chi connectivity index (χ1) is 8.08. The van der Waals surface area contributed by atoms with Crippen molar-refractivity contribution in [2.75, 3.05) is 20.1 Å². The molecular weight excluding hydrogens is 239 g/mol. The van der Waals surface area contributed by atoms with Crippen molar-refractivity contribution < 1.29 is 8.60 Å². The molecule has 0 aliphatic carbocycles. The van der Waals surface area contributed by atoms with E-state index in [9.17, 15) is 8.60 Å². The first-order valence-electron chi connectivity index (χ1n) is 5.72. The largest absolute Gasteiger partial charge is 0.306 e. The fraction of sp³-hybridized carbons (Fsp3) is 0.500. The van der Waals surface area contributed by atoms with Crippen molar-refractivity contribution >= 4 is 11.0 Å². The van der Waals surface area contributed by atoms with Gasteiger partial charge in [0.25, 0.3) is 0 Å². The molecule has 5 heteroatoms. The van der Waals surface area contributed by atoms with E-state index >= 15 is 0 Å². The number of hydrogen-bond acceptors (Lipinski definition) is 2. The Morgan fingerprint density at radius 3 is 2.88 bits per heavy atom. The SMILES string of the molecule is CN1CCCC(c2ccc(S(N)=O)c(F)c2)C1. The molecule has 0 aromatic heterocycles. The maximum absolute atomic E-state index is 13.7. The van der Waals surface area contributed by atoms with Gasteiger partial charge in [-0.1, -0.05) is 6.07 Å². The first kappa shape index (κ1) is 12.7. The third-order valence-corrected chi connectivity index (χ3v) is 4.03. The quantitative estimate of drug-likeness (QED) is 0.874. The smallest absolute Gasteiger partial charge is 0.140 e. The van der Waals surface area contributed by atoms with Gasteiger partial charge in [-0.15, -0.1) is 0 Å². The summed E-state index contributed by atoms with van der Waals surface area (Å²) in [6.07, 6.45) is 2.21. The number of piperidine rings is 1. The lowest BCUT2D eigenvalue weighted by Crippen LogP contribution is -2.30. The number of hydrogen-bond donors (Lipinski definition) is 1. The average Bonchev–Trinajstić information content (AvgIpc) is 2.28. The zero-order chi connectivity index (χ0) is 12.4. The van der Waals surface area contributed by atoms with E-state index in [1.165, 1.54) is 12.1 Å². The van der Waals surface area contributed by atoms with Gasteiger partial charge in [-0.3, -0.25) is 0 Å². The Labute approximate surface area is 103 Å². The van der Waals surface area contributed by atoms with Crippen LogP contribution >= 0.6 is 0 Å². The Hall–Kier alpha value is -0.780. The lowest BCUT2D eigenvalue weighted by molar-refractivity contribution is 0.250. The van der Waals surface area contributed by atoms with Gasteiger partial charge in [0.1, 0.15) is 16.8 Å². The van der Waals surface area contributed by atoms with Crippen LogP contribution in [0, 0.1) is 5.82 Å². The molecule has 2 unspecified atom stereocenters. The Balaban J connectivity index is 2.22. The number of rotatable bonds is 2. The van der Waals surface area contributed by atoms with Gasteiger partial charge in [-0.2, -0.15) is 0 Å². The monoisotopic (exact) mass is 256 g/mol. The molecule has 0 amide bonds. The molecule has 0 bridgehead atoms. The van der Waals surface area contributed by atoms with Crippen molar-refractivity contribution in [3.8, 4) is 0 Å². The molecule has 2 rings (SSSR count). The molecule has 17 heavy (non-hydrogen) atoms. The van der Waals surface area contributed by atoms with Crippen LogP contribution in [-0.4, -0.2) is 29.2 Å². The molecule has 3 nitrogen and oxygen atoms in total. The molecule has 0 radical (unpaired) electrons. The van der Waals surface area contributed by atoms with E-state index in [1.807, 2.05) is 6.07 Å². The second-order valence-corrected chi connectivity index (χ2v) is 5.62. The summed E-state index contributed by atoms with van der Waals surface area (Å²) in [4.78, 5) is 2.33. The summed E-state index contributed by atoms with van der Waals surface area (Å²) in [5, 5.41) is 5.19. The van der Waals surface area contributed by atoms with Crippen LogP contribution in [0.15, 0.2) is 23.1 Å². The third kappa shape index (κ3) is 2.91. The Kier molecular flexibility index (Phi) is 3.91. The first-order valence-corrected chi connectivity index (χ1v) is 6.93. The molecule has 1 aliphatic rings. The highest BCUT2D eigenvalue weighted by Crippen LogP contribution is 2.27. The van der Waals surface area contributed by atoms with Gasteiger partial charge in [0.05, 0.1) is 4.90 Å². The number of nitrogens with zero attached hydrogens (tertiary/aromatic N) is 1. The maximum atomic E-state index is 13.7. The van der Waals surface area contributed by atoms with E-state index in [2.05, 4.69) is 11.9 Å². The zero-order valence-corrected chi connectivity index (χ0v) is 10.7. The van der Waals surface area contributed by atoms with Crippen molar-refractivity contribution in [3.63, 3.8) is 0 Å². The fourth-order valence-corrected chi connectivity index (χ4v) is 2.83. The second-order valence-electron chi connectivity index (χ2n) is 4.59. The van der Waals surface area contributed by atoms with Crippen LogP contribution in [0.5, 0.6) is 0 Å². The van der Waals surface area contributed by atoms with E-state index in [0.717, 1.165) is 31.5 Å². The van der Waals surface area contributed by atoms with Gasteiger partial charge < -0.3 is 4.90 Å². The topological polar surface area (TPSA) is 46.3 Å². The van der Waals surface area contributed by atoms with E-state index in [0.29, 0.717) is 5.92 Å². The van der Waals surface area contributed by atoms with Gasteiger partial charge in [-0.05, 0) is 50.0 Å². The lowest BCUT2D eigenvalue weighted by Gasteiger charge is -2.30. The summed E-state index contributed by atoms with van der Waals surface area (Å²) in [7, 11) is 0.329. The summed E-state index contributed by atoms with van der Waals surface area (Å²) >= 11 is 0. The lowest BCUT2D eigenvalue weighted by atomic mass is 9.91. The molecule has 1 aliphatic heterocycles. The highest BCUT2D eigenvalue weighted by atomic mass is 32.2. The molecule has 2 atom stereocenters. The average molecular weight is 256 g/mol. The zero-order valence-electron chi connectivity index (χ0n) is 9.86. The van der Waals surface area contributed by atoms with Crippen LogP contribution in [0.25, 0.3) is 0 Å². The van der Waals surface area contributed by atoms with E-state index in [-0.39, 0.29) is 4.90 Å². The Morgan fingerprint density at radius 2 is 2.29 bits per heavy atom. The molecule has 94 valence electrons. The Morgan fingerprint density at radius 1 is 1.53 bits per heavy atom. The minimum absolute atomic E-state index is 0.0814. The van der Waals surface area contributed by atoms with E-state index in [1.54, 1.807) is 0 Å².